The van der Waals surface area contributed by atoms with Crippen LogP contribution in [0.25, 0.3) is 0 Å². The number of aromatic carboxylic acids is 1. The van der Waals surface area contributed by atoms with Crippen LogP contribution in [0.4, 0.5) is 10.5 Å². The van der Waals surface area contributed by atoms with Crippen LogP contribution in [0, 0.1) is 12.3 Å². The number of amides is 2. The second-order valence-corrected chi connectivity index (χ2v) is 3.99. The molecule has 5 heteroatoms. The van der Waals surface area contributed by atoms with E-state index in [9.17, 15) is 9.59 Å². The molecular weight excluding hydrogens is 244 g/mol. The van der Waals surface area contributed by atoms with Crippen LogP contribution in [0.3, 0.4) is 0 Å². The summed E-state index contributed by atoms with van der Waals surface area (Å²) >= 11 is 0. The Balaban J connectivity index is 2.64. The summed E-state index contributed by atoms with van der Waals surface area (Å²) in [5.74, 6) is 1.44. The Morgan fingerprint density at radius 2 is 2.21 bits per heavy atom. The van der Waals surface area contributed by atoms with Crippen molar-refractivity contribution < 1.29 is 14.7 Å². The van der Waals surface area contributed by atoms with Gasteiger partial charge in [0.05, 0.1) is 11.6 Å². The standard InChI is InChI=1S/C14H16N2O3/c1-3-6-11(4-2)15-14(19)16-12-8-5-7-10(9-12)13(17)18/h2,5,7-9,11H,3,6H2,1H3,(H,17,18)(H2,15,16,19). The molecule has 1 aromatic rings. The smallest absolute Gasteiger partial charge is 0.335 e. The van der Waals surface area contributed by atoms with E-state index >= 15 is 0 Å². The summed E-state index contributed by atoms with van der Waals surface area (Å²) in [5.41, 5.74) is 0.518. The molecule has 3 N–H and O–H groups in total. The fraction of sp³-hybridized carbons (Fsp3) is 0.286. The van der Waals surface area contributed by atoms with Gasteiger partial charge in [0.25, 0.3) is 0 Å². The third-order valence-corrected chi connectivity index (χ3v) is 2.45. The van der Waals surface area contributed by atoms with Gasteiger partial charge < -0.3 is 15.7 Å². The number of hydrogen-bond acceptors (Lipinski definition) is 2. The number of anilines is 1. The van der Waals surface area contributed by atoms with Crippen molar-refractivity contribution in [2.45, 2.75) is 25.8 Å². The summed E-state index contributed by atoms with van der Waals surface area (Å²) in [6, 6.07) is 5.23. The lowest BCUT2D eigenvalue weighted by atomic mass is 10.2. The van der Waals surface area contributed by atoms with Gasteiger partial charge in [-0.1, -0.05) is 25.3 Å². The molecule has 2 amide bonds. The predicted molar refractivity (Wildman–Crippen MR) is 73.1 cm³/mol. The molecule has 19 heavy (non-hydrogen) atoms. The fourth-order valence-corrected chi connectivity index (χ4v) is 1.54. The van der Waals surface area contributed by atoms with E-state index in [1.165, 1.54) is 12.1 Å². The Morgan fingerprint density at radius 3 is 2.79 bits per heavy atom. The van der Waals surface area contributed by atoms with Crippen molar-refractivity contribution in [1.82, 2.24) is 5.32 Å². The number of hydrogen-bond donors (Lipinski definition) is 3. The third kappa shape index (κ3) is 4.72. The summed E-state index contributed by atoms with van der Waals surface area (Å²) in [5, 5.41) is 14.0. The van der Waals surface area contributed by atoms with Gasteiger partial charge >= 0.3 is 12.0 Å². The molecule has 0 heterocycles. The summed E-state index contributed by atoms with van der Waals surface area (Å²) in [7, 11) is 0. The highest BCUT2D eigenvalue weighted by atomic mass is 16.4. The van der Waals surface area contributed by atoms with E-state index in [0.717, 1.165) is 6.42 Å². The molecule has 1 atom stereocenters. The van der Waals surface area contributed by atoms with Gasteiger partial charge in [-0.05, 0) is 24.6 Å². The Hall–Kier alpha value is -2.48. The maximum absolute atomic E-state index is 11.7. The first-order valence-corrected chi connectivity index (χ1v) is 5.93. The van der Waals surface area contributed by atoms with Gasteiger partial charge in [0.15, 0.2) is 0 Å². The van der Waals surface area contributed by atoms with Crippen LogP contribution in [0.2, 0.25) is 0 Å². The number of carboxylic acids is 1. The van der Waals surface area contributed by atoms with Crippen molar-refractivity contribution in [2.24, 2.45) is 0 Å². The molecule has 0 bridgehead atoms. The molecule has 1 aromatic carbocycles. The number of rotatable bonds is 5. The minimum Gasteiger partial charge on any atom is -0.478 e. The number of carbonyl (C=O) groups is 2. The zero-order chi connectivity index (χ0) is 14.3. The number of carbonyl (C=O) groups excluding carboxylic acids is 1. The quantitative estimate of drug-likeness (QED) is 0.711. The van der Waals surface area contributed by atoms with Crippen LogP contribution in [-0.2, 0) is 0 Å². The van der Waals surface area contributed by atoms with Gasteiger partial charge in [-0.2, -0.15) is 0 Å². The molecule has 0 aliphatic rings. The molecule has 0 radical (unpaired) electrons. The Labute approximate surface area is 112 Å². The molecule has 0 spiro atoms. The highest BCUT2D eigenvalue weighted by molar-refractivity contribution is 5.93. The monoisotopic (exact) mass is 260 g/mol. The molecule has 0 aromatic heterocycles. The molecule has 0 aliphatic carbocycles. The highest BCUT2D eigenvalue weighted by Crippen LogP contribution is 2.10. The number of urea groups is 1. The van der Waals surface area contributed by atoms with E-state index in [1.807, 2.05) is 6.92 Å². The summed E-state index contributed by atoms with van der Waals surface area (Å²) in [4.78, 5) is 22.5. The third-order valence-electron chi connectivity index (χ3n) is 2.45. The van der Waals surface area contributed by atoms with E-state index in [1.54, 1.807) is 12.1 Å². The Morgan fingerprint density at radius 1 is 1.47 bits per heavy atom. The van der Waals surface area contributed by atoms with Gasteiger partial charge in [0.2, 0.25) is 0 Å². The fourth-order valence-electron chi connectivity index (χ4n) is 1.54. The van der Waals surface area contributed by atoms with Crippen molar-refractivity contribution >= 4 is 17.7 Å². The van der Waals surface area contributed by atoms with Crippen molar-refractivity contribution in [3.63, 3.8) is 0 Å². The van der Waals surface area contributed by atoms with Crippen molar-refractivity contribution in [2.75, 3.05) is 5.32 Å². The van der Waals surface area contributed by atoms with Crippen LogP contribution in [-0.4, -0.2) is 23.1 Å². The molecule has 0 saturated heterocycles. The zero-order valence-corrected chi connectivity index (χ0v) is 10.6. The average Bonchev–Trinajstić information content (AvgIpc) is 2.38. The SMILES string of the molecule is C#CC(CCC)NC(=O)Nc1cccc(C(=O)O)c1. The van der Waals surface area contributed by atoms with E-state index in [0.29, 0.717) is 12.1 Å². The zero-order valence-electron chi connectivity index (χ0n) is 10.6. The van der Waals surface area contributed by atoms with E-state index < -0.39 is 12.0 Å². The lowest BCUT2D eigenvalue weighted by molar-refractivity contribution is 0.0697. The van der Waals surface area contributed by atoms with E-state index in [2.05, 4.69) is 16.6 Å². The van der Waals surface area contributed by atoms with Gasteiger partial charge in [0.1, 0.15) is 0 Å². The van der Waals surface area contributed by atoms with Crippen LogP contribution in [0.15, 0.2) is 24.3 Å². The number of benzene rings is 1. The summed E-state index contributed by atoms with van der Waals surface area (Å²) in [6.07, 6.45) is 6.85. The predicted octanol–water partition coefficient (Wildman–Crippen LogP) is 2.31. The molecule has 5 nitrogen and oxygen atoms in total. The molecule has 1 unspecified atom stereocenters. The van der Waals surface area contributed by atoms with Crippen LogP contribution in [0.1, 0.15) is 30.1 Å². The second kappa shape index (κ2) is 7.07. The summed E-state index contributed by atoms with van der Waals surface area (Å²) < 4.78 is 0. The van der Waals surface area contributed by atoms with Gasteiger partial charge in [-0.25, -0.2) is 9.59 Å². The lowest BCUT2D eigenvalue weighted by Gasteiger charge is -2.13. The second-order valence-electron chi connectivity index (χ2n) is 3.99. The van der Waals surface area contributed by atoms with Crippen molar-refractivity contribution in [3.8, 4) is 12.3 Å². The first kappa shape index (κ1) is 14.6. The molecule has 100 valence electrons. The number of terminal acetylenes is 1. The maximum atomic E-state index is 11.7. The molecule has 1 rings (SSSR count). The van der Waals surface area contributed by atoms with Crippen LogP contribution >= 0.6 is 0 Å². The van der Waals surface area contributed by atoms with Gasteiger partial charge in [-0.15, -0.1) is 6.42 Å². The summed E-state index contributed by atoms with van der Waals surface area (Å²) in [6.45, 7) is 1.97. The van der Waals surface area contributed by atoms with Crippen molar-refractivity contribution in [3.05, 3.63) is 29.8 Å². The van der Waals surface area contributed by atoms with E-state index in [-0.39, 0.29) is 11.6 Å². The molecule has 0 fully saturated rings. The van der Waals surface area contributed by atoms with Gasteiger partial charge in [0, 0.05) is 5.69 Å². The normalized spacial score (nSPS) is 11.2. The van der Waals surface area contributed by atoms with Gasteiger partial charge in [-0.3, -0.25) is 0 Å². The molecule has 0 saturated carbocycles. The topological polar surface area (TPSA) is 78.4 Å². The molecular formula is C14H16N2O3. The largest absolute Gasteiger partial charge is 0.478 e. The Kier molecular flexibility index (Phi) is 5.42. The van der Waals surface area contributed by atoms with Crippen LogP contribution in [0.5, 0.6) is 0 Å². The van der Waals surface area contributed by atoms with Crippen molar-refractivity contribution in [1.29, 1.82) is 0 Å². The lowest BCUT2D eigenvalue weighted by Crippen LogP contribution is -2.37. The highest BCUT2D eigenvalue weighted by Gasteiger charge is 2.09. The number of carboxylic acid groups (broad SMARTS) is 1. The van der Waals surface area contributed by atoms with Crippen LogP contribution < -0.4 is 10.6 Å². The maximum Gasteiger partial charge on any atom is 0.335 e. The Bertz CT molecular complexity index is 506. The minimum atomic E-state index is -1.04. The number of nitrogens with one attached hydrogen (secondary N) is 2. The minimum absolute atomic E-state index is 0.111. The first-order valence-electron chi connectivity index (χ1n) is 5.93. The average molecular weight is 260 g/mol. The first-order chi connectivity index (χ1) is 9.06. The molecule has 0 aliphatic heterocycles. The van der Waals surface area contributed by atoms with E-state index in [4.69, 9.17) is 11.5 Å².